The van der Waals surface area contributed by atoms with Gasteiger partial charge >= 0.3 is 0 Å². The Morgan fingerprint density at radius 3 is 0.950 bits per heavy atom. The van der Waals surface area contributed by atoms with Crippen LogP contribution in [0, 0.1) is 92.5 Å². The van der Waals surface area contributed by atoms with Gasteiger partial charge in [0, 0.05) is 38.2 Å². The monoisotopic (exact) mass is 1010 g/mol. The molecule has 3 heterocycles. The summed E-state index contributed by atoms with van der Waals surface area (Å²) in [4.78, 5) is 12.3. The molecule has 362 valence electrons. The Hall–Kier alpha value is -12.9. The van der Waals surface area contributed by atoms with Crippen molar-refractivity contribution in [3.05, 3.63) is 244 Å². The molecule has 0 aliphatic heterocycles. The Bertz CT molecular complexity index is 4460. The van der Waals surface area contributed by atoms with Gasteiger partial charge in [-0.3, -0.25) is 4.98 Å². The van der Waals surface area contributed by atoms with Crippen LogP contribution in [0.15, 0.2) is 182 Å². The van der Waals surface area contributed by atoms with Crippen LogP contribution in [0.2, 0.25) is 0 Å². The van der Waals surface area contributed by atoms with Crippen molar-refractivity contribution >= 4 is 55.0 Å². The Morgan fingerprint density at radius 2 is 0.625 bits per heavy atom. The van der Waals surface area contributed by atoms with Crippen LogP contribution in [0.3, 0.4) is 0 Å². The van der Waals surface area contributed by atoms with E-state index in [1.54, 1.807) is 91.3 Å². The number of nitriles is 7. The molecule has 0 aliphatic carbocycles. The number of hydrogen-bond donors (Lipinski definition) is 0. The molecular weight excluding hydrogens is 985 g/mol. The summed E-state index contributed by atoms with van der Waals surface area (Å²) < 4.78 is 4.25. The Labute approximate surface area is 457 Å². The molecule has 3 aromatic heterocycles. The molecule has 9 aromatic carbocycles. The van der Waals surface area contributed by atoms with E-state index in [2.05, 4.69) is 61.3 Å². The lowest BCUT2D eigenvalue weighted by molar-refractivity contribution is 1.09. The summed E-state index contributed by atoms with van der Waals surface area (Å²) in [6.45, 7) is 15.6. The third-order valence-electron chi connectivity index (χ3n) is 14.3. The lowest BCUT2D eigenvalue weighted by atomic mass is 9.97. The quantitative estimate of drug-likeness (QED) is 0.140. The van der Waals surface area contributed by atoms with Gasteiger partial charge in [0.05, 0.1) is 129 Å². The van der Waals surface area contributed by atoms with Crippen molar-refractivity contribution in [3.8, 4) is 109 Å². The first kappa shape index (κ1) is 48.1. The summed E-state index contributed by atoms with van der Waals surface area (Å²) in [5, 5.41) is 73.5. The second-order valence-corrected chi connectivity index (χ2v) is 18.9. The highest BCUT2D eigenvalue weighted by molar-refractivity contribution is 6.14. The van der Waals surface area contributed by atoms with Gasteiger partial charge in [0.15, 0.2) is 11.4 Å². The van der Waals surface area contributed by atoms with Crippen molar-refractivity contribution in [2.75, 3.05) is 0 Å². The van der Waals surface area contributed by atoms with E-state index in [0.29, 0.717) is 95.1 Å². The molecule has 80 heavy (non-hydrogen) atoms. The van der Waals surface area contributed by atoms with E-state index < -0.39 is 0 Å². The summed E-state index contributed by atoms with van der Waals surface area (Å²) in [6.07, 6.45) is 3.59. The number of nitrogens with zero attached hydrogens (tertiary/aromatic N) is 12. The van der Waals surface area contributed by atoms with E-state index in [0.717, 1.165) is 65.9 Å². The van der Waals surface area contributed by atoms with Crippen molar-refractivity contribution in [2.24, 2.45) is 0 Å². The van der Waals surface area contributed by atoms with Crippen LogP contribution in [0.25, 0.3) is 120 Å². The lowest BCUT2D eigenvalue weighted by Gasteiger charge is -2.20. The van der Waals surface area contributed by atoms with Gasteiger partial charge in [-0.05, 0) is 184 Å². The molecular formula is C68H30N12. The normalized spacial score (nSPS) is 10.6. The van der Waals surface area contributed by atoms with E-state index in [1.165, 1.54) is 0 Å². The zero-order valence-electron chi connectivity index (χ0n) is 41.7. The van der Waals surface area contributed by atoms with Crippen LogP contribution in [0.4, 0.5) is 11.4 Å². The summed E-state index contributed by atoms with van der Waals surface area (Å²) in [6, 6.07) is 66.9. The van der Waals surface area contributed by atoms with Crippen molar-refractivity contribution < 1.29 is 0 Å². The van der Waals surface area contributed by atoms with Crippen LogP contribution in [0.1, 0.15) is 38.9 Å². The van der Waals surface area contributed by atoms with Crippen molar-refractivity contribution in [2.45, 2.75) is 0 Å². The van der Waals surface area contributed by atoms with E-state index in [1.807, 2.05) is 91.0 Å². The Kier molecular flexibility index (Phi) is 11.7. The minimum Gasteiger partial charge on any atom is -0.307 e. The fourth-order valence-corrected chi connectivity index (χ4v) is 10.8. The van der Waals surface area contributed by atoms with Gasteiger partial charge in [-0.15, -0.1) is 0 Å². The van der Waals surface area contributed by atoms with Gasteiger partial charge in [0.2, 0.25) is 0 Å². The molecule has 12 rings (SSSR count). The second-order valence-electron chi connectivity index (χ2n) is 18.9. The smallest absolute Gasteiger partial charge is 0.189 e. The number of rotatable bonds is 7. The first-order valence-electron chi connectivity index (χ1n) is 24.6. The van der Waals surface area contributed by atoms with E-state index in [4.69, 9.17) is 18.1 Å². The van der Waals surface area contributed by atoms with Crippen molar-refractivity contribution in [1.82, 2.24) is 14.1 Å². The predicted octanol–water partition coefficient (Wildman–Crippen LogP) is 15.8. The van der Waals surface area contributed by atoms with Gasteiger partial charge < -0.3 is 9.13 Å². The lowest BCUT2D eigenvalue weighted by Crippen LogP contribution is -2.05. The minimum absolute atomic E-state index is 0.322. The fourth-order valence-electron chi connectivity index (χ4n) is 10.8. The third kappa shape index (κ3) is 8.17. The summed E-state index contributed by atoms with van der Waals surface area (Å²) in [7, 11) is 0. The maximum absolute atomic E-state index is 10.4. The Balaban J connectivity index is 1.18. The van der Waals surface area contributed by atoms with E-state index in [9.17, 15) is 36.8 Å². The standard InChI is InChI=1S/C68H30N12/c1-76-56-23-45(36-74)21-54(25-56)49-8-12-64-60(29-49)58-27-47(52-17-41(32-70)14-42(18-52)33-71)6-10-62(58)79(64)66-38-78-39-67(68(66)51-5-3-4-40(16-51)31-69)80-63-11-7-48(53-19-43(34-72)15-44(20-53)35-73)28-59(63)61-30-50(9-13-65(61)80)55-22-46(37-75)24-57(26-55)77-2/h3-30,38-39H. The average Bonchev–Trinajstić information content (AvgIpc) is 4.24. The van der Waals surface area contributed by atoms with Gasteiger partial charge in [0.25, 0.3) is 0 Å². The molecule has 0 atom stereocenters. The predicted molar refractivity (Wildman–Crippen MR) is 306 cm³/mol. The highest BCUT2D eigenvalue weighted by Gasteiger charge is 2.25. The van der Waals surface area contributed by atoms with Crippen LogP contribution >= 0.6 is 0 Å². The number of hydrogen-bond acceptors (Lipinski definition) is 8. The van der Waals surface area contributed by atoms with Gasteiger partial charge in [0.1, 0.15) is 0 Å². The maximum Gasteiger partial charge on any atom is 0.189 e. The summed E-state index contributed by atoms with van der Waals surface area (Å²) in [5.41, 5.74) is 14.6. The number of aromatic nitrogens is 3. The molecule has 0 fully saturated rings. The molecule has 0 bridgehead atoms. The highest BCUT2D eigenvalue weighted by Crippen LogP contribution is 2.45. The van der Waals surface area contributed by atoms with Gasteiger partial charge in [-0.1, -0.05) is 36.4 Å². The first-order chi connectivity index (χ1) is 39.2. The largest absolute Gasteiger partial charge is 0.307 e. The topological polar surface area (TPSA) is 198 Å². The number of fused-ring (bicyclic) bond motifs is 6. The SMILES string of the molecule is [C-]#[N+]c1cc(C#N)cc(-c2ccc3c(c2)c2cc(-c4cc(C#N)cc(C#N)c4)ccc2n3-c2cncc(-n3c4ccc(-c5cc(C#N)cc(C#N)c5)cc4c4cc(-c5cc(C#N)cc([N+]#[C-])c5)ccc43)c2-c2cccc(C#N)c2)c1. The molecule has 0 N–H and O–H groups in total. The first-order valence-corrected chi connectivity index (χ1v) is 24.6. The minimum atomic E-state index is 0.322. The summed E-state index contributed by atoms with van der Waals surface area (Å²) in [5.74, 6) is 0. The van der Waals surface area contributed by atoms with Crippen LogP contribution < -0.4 is 0 Å². The van der Waals surface area contributed by atoms with Crippen molar-refractivity contribution in [1.29, 1.82) is 36.8 Å². The molecule has 0 amide bonds. The molecule has 0 saturated carbocycles. The highest BCUT2D eigenvalue weighted by atomic mass is 15.0. The summed E-state index contributed by atoms with van der Waals surface area (Å²) >= 11 is 0. The van der Waals surface area contributed by atoms with E-state index >= 15 is 0 Å². The molecule has 0 saturated heterocycles. The van der Waals surface area contributed by atoms with Gasteiger partial charge in [-0.25, -0.2) is 9.69 Å². The average molecular weight is 1020 g/mol. The zero-order valence-corrected chi connectivity index (χ0v) is 41.7. The van der Waals surface area contributed by atoms with Crippen molar-refractivity contribution in [3.63, 3.8) is 0 Å². The van der Waals surface area contributed by atoms with Gasteiger partial charge in [-0.2, -0.15) is 36.8 Å². The molecule has 12 heteroatoms. The Morgan fingerprint density at radius 1 is 0.312 bits per heavy atom. The van der Waals surface area contributed by atoms with Crippen LogP contribution in [-0.4, -0.2) is 14.1 Å². The molecule has 0 aliphatic rings. The maximum atomic E-state index is 10.4. The van der Waals surface area contributed by atoms with Crippen LogP contribution in [0.5, 0.6) is 0 Å². The third-order valence-corrected chi connectivity index (χ3v) is 14.3. The molecule has 0 spiro atoms. The molecule has 0 unspecified atom stereocenters. The zero-order chi connectivity index (χ0) is 55.2. The second kappa shape index (κ2) is 19.4. The van der Waals surface area contributed by atoms with Crippen LogP contribution in [-0.2, 0) is 0 Å². The molecule has 12 nitrogen and oxygen atoms in total. The molecule has 12 aromatic rings. The molecule has 0 radical (unpaired) electrons. The fraction of sp³-hybridized carbons (Fsp3) is 0. The van der Waals surface area contributed by atoms with E-state index in [-0.39, 0.29) is 0 Å². The number of pyridine rings is 1. The number of benzene rings is 9.